The molecule has 0 aliphatic heterocycles. The molecule has 0 aromatic carbocycles. The van der Waals surface area contributed by atoms with E-state index in [-0.39, 0.29) is 17.2 Å². The molecule has 13 heavy (non-hydrogen) atoms. The number of hydrogen-bond acceptors (Lipinski definition) is 3. The van der Waals surface area contributed by atoms with Crippen LogP contribution in [0.25, 0.3) is 0 Å². The highest BCUT2D eigenvalue weighted by Crippen LogP contribution is 2.03. The lowest BCUT2D eigenvalue weighted by Gasteiger charge is -2.18. The summed E-state index contributed by atoms with van der Waals surface area (Å²) in [6.07, 6.45) is 0. The first kappa shape index (κ1) is 12.4. The van der Waals surface area contributed by atoms with Crippen LogP contribution in [0, 0.1) is 5.92 Å². The first-order valence-electron chi connectivity index (χ1n) is 3.96. The molecule has 0 aliphatic rings. The van der Waals surface area contributed by atoms with Gasteiger partial charge < -0.3 is 10.1 Å². The third-order valence-electron chi connectivity index (χ3n) is 1.56. The Bertz CT molecular complexity index is 194. The van der Waals surface area contributed by atoms with Crippen molar-refractivity contribution in [1.82, 2.24) is 5.32 Å². The van der Waals surface area contributed by atoms with Gasteiger partial charge in [-0.3, -0.25) is 4.79 Å². The maximum Gasteiger partial charge on any atom is 0.328 e. The fraction of sp³-hybridized carbons (Fsp3) is 0.750. The molecule has 76 valence electrons. The van der Waals surface area contributed by atoms with E-state index in [9.17, 15) is 9.59 Å². The van der Waals surface area contributed by atoms with Crippen molar-refractivity contribution in [2.24, 2.45) is 5.92 Å². The van der Waals surface area contributed by atoms with Crippen molar-refractivity contribution in [3.63, 3.8) is 0 Å². The van der Waals surface area contributed by atoms with Crippen LogP contribution in [-0.4, -0.2) is 30.4 Å². The van der Waals surface area contributed by atoms with E-state index < -0.39 is 12.0 Å². The SMILES string of the molecule is COC(=O)C(NC(=O)CBr)C(C)C. The van der Waals surface area contributed by atoms with Gasteiger partial charge in [-0.05, 0) is 5.92 Å². The largest absolute Gasteiger partial charge is 0.467 e. The predicted molar refractivity (Wildman–Crippen MR) is 52.6 cm³/mol. The van der Waals surface area contributed by atoms with Crippen molar-refractivity contribution in [3.8, 4) is 0 Å². The number of nitrogens with one attached hydrogen (secondary N) is 1. The summed E-state index contributed by atoms with van der Waals surface area (Å²) in [5.41, 5.74) is 0. The minimum Gasteiger partial charge on any atom is -0.467 e. The first-order chi connectivity index (χ1) is 6.02. The highest BCUT2D eigenvalue weighted by molar-refractivity contribution is 9.09. The zero-order valence-electron chi connectivity index (χ0n) is 7.96. The van der Waals surface area contributed by atoms with Gasteiger partial charge in [-0.25, -0.2) is 4.79 Å². The van der Waals surface area contributed by atoms with Gasteiger partial charge in [0.25, 0.3) is 0 Å². The Balaban J connectivity index is 4.26. The van der Waals surface area contributed by atoms with Gasteiger partial charge in [0.15, 0.2) is 0 Å². The molecule has 0 aromatic heterocycles. The minimum atomic E-state index is -0.560. The second-order valence-corrected chi connectivity index (χ2v) is 3.51. The highest BCUT2D eigenvalue weighted by Gasteiger charge is 2.24. The summed E-state index contributed by atoms with van der Waals surface area (Å²) in [5.74, 6) is -0.608. The molecule has 1 atom stereocenters. The van der Waals surface area contributed by atoms with Gasteiger partial charge in [0.1, 0.15) is 6.04 Å². The van der Waals surface area contributed by atoms with Gasteiger partial charge in [0.05, 0.1) is 12.4 Å². The number of carbonyl (C=O) groups is 2. The fourth-order valence-electron chi connectivity index (χ4n) is 0.837. The van der Waals surface area contributed by atoms with Crippen LogP contribution >= 0.6 is 15.9 Å². The van der Waals surface area contributed by atoms with Crippen molar-refractivity contribution >= 4 is 27.8 Å². The van der Waals surface area contributed by atoms with E-state index in [0.717, 1.165) is 0 Å². The first-order valence-corrected chi connectivity index (χ1v) is 5.08. The zero-order valence-corrected chi connectivity index (χ0v) is 9.55. The van der Waals surface area contributed by atoms with Gasteiger partial charge in [-0.1, -0.05) is 29.8 Å². The maximum absolute atomic E-state index is 11.2. The highest BCUT2D eigenvalue weighted by atomic mass is 79.9. The Morgan fingerprint density at radius 3 is 2.31 bits per heavy atom. The second kappa shape index (κ2) is 5.96. The van der Waals surface area contributed by atoms with Gasteiger partial charge in [0.2, 0.25) is 5.91 Å². The van der Waals surface area contributed by atoms with Crippen molar-refractivity contribution in [2.75, 3.05) is 12.4 Å². The molecule has 5 heteroatoms. The molecule has 1 amide bonds. The quantitative estimate of drug-likeness (QED) is 0.591. The Labute approximate surface area is 86.1 Å². The maximum atomic E-state index is 11.2. The number of esters is 1. The third-order valence-corrected chi connectivity index (χ3v) is 2.07. The minimum absolute atomic E-state index is 0.0236. The number of hydrogen-bond donors (Lipinski definition) is 1. The second-order valence-electron chi connectivity index (χ2n) is 2.95. The number of halogens is 1. The molecule has 0 aromatic rings. The van der Waals surface area contributed by atoms with Gasteiger partial charge in [0, 0.05) is 0 Å². The van der Waals surface area contributed by atoms with Crippen LogP contribution in [0.2, 0.25) is 0 Å². The lowest BCUT2D eigenvalue weighted by molar-refractivity contribution is -0.146. The smallest absolute Gasteiger partial charge is 0.328 e. The molecule has 1 unspecified atom stereocenters. The lowest BCUT2D eigenvalue weighted by Crippen LogP contribution is -2.45. The number of rotatable bonds is 4. The van der Waals surface area contributed by atoms with Crippen LogP contribution in [0.5, 0.6) is 0 Å². The normalized spacial score (nSPS) is 12.4. The Morgan fingerprint density at radius 2 is 2.00 bits per heavy atom. The molecule has 0 saturated heterocycles. The molecule has 1 N–H and O–H groups in total. The molecule has 0 radical (unpaired) electrons. The van der Waals surface area contributed by atoms with Gasteiger partial charge >= 0.3 is 5.97 Å². The zero-order chi connectivity index (χ0) is 10.4. The molecule has 0 bridgehead atoms. The number of methoxy groups -OCH3 is 1. The number of ether oxygens (including phenoxy) is 1. The summed E-state index contributed by atoms with van der Waals surface area (Å²) in [6, 6.07) is -0.560. The summed E-state index contributed by atoms with van der Waals surface area (Å²) < 4.78 is 4.55. The van der Waals surface area contributed by atoms with E-state index in [2.05, 4.69) is 26.0 Å². The average molecular weight is 252 g/mol. The van der Waals surface area contributed by atoms with E-state index in [4.69, 9.17) is 0 Å². The van der Waals surface area contributed by atoms with Crippen LogP contribution in [0.15, 0.2) is 0 Å². The van der Waals surface area contributed by atoms with Crippen molar-refractivity contribution < 1.29 is 14.3 Å². The number of carbonyl (C=O) groups excluding carboxylic acids is 2. The Hall–Kier alpha value is -0.580. The topological polar surface area (TPSA) is 55.4 Å². The van der Waals surface area contributed by atoms with Gasteiger partial charge in [-0.15, -0.1) is 0 Å². The molecule has 0 saturated carbocycles. The van der Waals surface area contributed by atoms with Gasteiger partial charge in [-0.2, -0.15) is 0 Å². The van der Waals surface area contributed by atoms with Crippen molar-refractivity contribution in [2.45, 2.75) is 19.9 Å². The van der Waals surface area contributed by atoms with E-state index >= 15 is 0 Å². The molecule has 0 spiro atoms. The summed E-state index contributed by atoms with van der Waals surface area (Å²) in [4.78, 5) is 22.1. The molecule has 0 heterocycles. The number of amides is 1. The standard InChI is InChI=1S/C8H14BrNO3/c1-5(2)7(8(12)13-3)10-6(11)4-9/h5,7H,4H2,1-3H3,(H,10,11). The lowest BCUT2D eigenvalue weighted by atomic mass is 10.1. The van der Waals surface area contributed by atoms with E-state index in [1.165, 1.54) is 7.11 Å². The summed E-state index contributed by atoms with van der Waals surface area (Å²) in [6.45, 7) is 3.69. The van der Waals surface area contributed by atoms with Crippen LogP contribution in [0.4, 0.5) is 0 Å². The molecule has 0 rings (SSSR count). The Kier molecular flexibility index (Phi) is 5.70. The predicted octanol–water partition coefficient (Wildman–Crippen LogP) is 0.695. The van der Waals surface area contributed by atoms with E-state index in [1.54, 1.807) is 0 Å². The van der Waals surface area contributed by atoms with Crippen molar-refractivity contribution in [3.05, 3.63) is 0 Å². The molecule has 0 fully saturated rings. The third kappa shape index (κ3) is 4.26. The van der Waals surface area contributed by atoms with Crippen molar-refractivity contribution in [1.29, 1.82) is 0 Å². The summed E-state index contributed by atoms with van der Waals surface area (Å²) in [7, 11) is 1.30. The fourth-order valence-corrected chi connectivity index (χ4v) is 0.999. The monoisotopic (exact) mass is 251 g/mol. The number of alkyl halides is 1. The molecular formula is C8H14BrNO3. The Morgan fingerprint density at radius 1 is 1.46 bits per heavy atom. The van der Waals surface area contributed by atoms with Crippen LogP contribution in [0.1, 0.15) is 13.8 Å². The average Bonchev–Trinajstić information content (AvgIpc) is 2.11. The summed E-state index contributed by atoms with van der Waals surface area (Å²) in [5, 5.41) is 2.74. The van der Waals surface area contributed by atoms with E-state index in [1.807, 2.05) is 13.8 Å². The molecule has 4 nitrogen and oxygen atoms in total. The van der Waals surface area contributed by atoms with Crippen LogP contribution in [-0.2, 0) is 14.3 Å². The molecular weight excluding hydrogens is 238 g/mol. The summed E-state index contributed by atoms with van der Waals surface area (Å²) >= 11 is 3.00. The van der Waals surface area contributed by atoms with Crippen LogP contribution in [0.3, 0.4) is 0 Å². The van der Waals surface area contributed by atoms with E-state index in [0.29, 0.717) is 0 Å². The molecule has 0 aliphatic carbocycles. The van der Waals surface area contributed by atoms with Crippen LogP contribution < -0.4 is 5.32 Å².